The summed E-state index contributed by atoms with van der Waals surface area (Å²) in [5.41, 5.74) is 3.19. The lowest BCUT2D eigenvalue weighted by molar-refractivity contribution is -0.137. The third-order valence-corrected chi connectivity index (χ3v) is 4.26. The van der Waals surface area contributed by atoms with Gasteiger partial charge in [0.25, 0.3) is 5.91 Å². The fourth-order valence-electron chi connectivity index (χ4n) is 2.99. The van der Waals surface area contributed by atoms with Crippen LogP contribution in [-0.4, -0.2) is 25.7 Å². The molecule has 0 bridgehead atoms. The Balaban J connectivity index is 2.03. The van der Waals surface area contributed by atoms with Crippen molar-refractivity contribution in [2.45, 2.75) is 25.6 Å². The summed E-state index contributed by atoms with van der Waals surface area (Å²) in [4.78, 5) is 15.5. The van der Waals surface area contributed by atoms with Crippen LogP contribution >= 0.6 is 0 Å². The highest BCUT2D eigenvalue weighted by Crippen LogP contribution is 2.37. The summed E-state index contributed by atoms with van der Waals surface area (Å²) in [6.45, 7) is 3.29. The number of benzene rings is 1. The molecule has 3 rings (SSSR count). The van der Waals surface area contributed by atoms with Crippen LogP contribution in [0.1, 0.15) is 35.7 Å². The summed E-state index contributed by atoms with van der Waals surface area (Å²) in [5.74, 6) is -0.353. The van der Waals surface area contributed by atoms with Gasteiger partial charge in [0.2, 0.25) is 0 Å². The number of primary amides is 1. The molecule has 0 saturated heterocycles. The van der Waals surface area contributed by atoms with E-state index in [2.05, 4.69) is 15.2 Å². The number of carbonyl (C=O) groups excluding carboxylic acids is 1. The van der Waals surface area contributed by atoms with Crippen LogP contribution in [0.25, 0.3) is 11.4 Å². The Morgan fingerprint density at radius 2 is 1.79 bits per heavy atom. The summed E-state index contributed by atoms with van der Waals surface area (Å²) < 4.78 is 47.5. The van der Waals surface area contributed by atoms with Crippen molar-refractivity contribution in [3.63, 3.8) is 0 Å². The zero-order chi connectivity index (χ0) is 21.4. The smallest absolute Gasteiger partial charge is 0.417 e. The second-order valence-corrected chi connectivity index (χ2v) is 6.78. The van der Waals surface area contributed by atoms with Gasteiger partial charge in [-0.3, -0.25) is 4.79 Å². The van der Waals surface area contributed by atoms with Gasteiger partial charge in [0.1, 0.15) is 0 Å². The molecule has 152 valence electrons. The molecule has 1 amide bonds. The van der Waals surface area contributed by atoms with Gasteiger partial charge in [-0.05, 0) is 32.0 Å². The van der Waals surface area contributed by atoms with Crippen LogP contribution in [0.3, 0.4) is 0 Å². The van der Waals surface area contributed by atoms with Gasteiger partial charge in [-0.1, -0.05) is 18.2 Å². The molecule has 3 aromatic rings. The number of aromatic nitrogens is 4. The summed E-state index contributed by atoms with van der Waals surface area (Å²) in [7, 11) is 1.54. The Bertz CT molecular complexity index is 1060. The largest absolute Gasteiger partial charge is 0.477 e. The predicted octanol–water partition coefficient (Wildman–Crippen LogP) is 3.31. The lowest BCUT2D eigenvalue weighted by Crippen LogP contribution is -2.30. The van der Waals surface area contributed by atoms with Crippen LogP contribution in [0.2, 0.25) is 0 Å². The van der Waals surface area contributed by atoms with Crippen molar-refractivity contribution in [1.82, 2.24) is 19.7 Å². The van der Waals surface area contributed by atoms with Crippen LogP contribution in [0.4, 0.5) is 13.2 Å². The molecule has 0 saturated carbocycles. The molecule has 2 aromatic heterocycles. The molecule has 0 aliphatic carbocycles. The fraction of sp³-hybridized carbons (Fsp3) is 0.263. The van der Waals surface area contributed by atoms with Crippen molar-refractivity contribution in [2.75, 3.05) is 0 Å². The third-order valence-electron chi connectivity index (χ3n) is 4.26. The predicted molar refractivity (Wildman–Crippen MR) is 97.8 cm³/mol. The van der Waals surface area contributed by atoms with Crippen molar-refractivity contribution < 1.29 is 22.7 Å². The Hall–Kier alpha value is -3.43. The first-order valence-corrected chi connectivity index (χ1v) is 8.52. The number of ether oxygens (including phenoxy) is 1. The molecule has 7 nitrogen and oxygen atoms in total. The molecule has 0 fully saturated rings. The molecule has 2 heterocycles. The van der Waals surface area contributed by atoms with Gasteiger partial charge < -0.3 is 15.0 Å². The van der Waals surface area contributed by atoms with E-state index in [0.29, 0.717) is 0 Å². The maximum Gasteiger partial charge on any atom is 0.417 e. The molecule has 0 aliphatic rings. The number of hydrogen-bond donors (Lipinski definition) is 1. The Morgan fingerprint density at radius 1 is 1.10 bits per heavy atom. The molecule has 0 atom stereocenters. The van der Waals surface area contributed by atoms with E-state index in [1.54, 1.807) is 27.0 Å². The first-order valence-electron chi connectivity index (χ1n) is 8.52. The van der Waals surface area contributed by atoms with Gasteiger partial charge in [0.15, 0.2) is 28.7 Å². The van der Waals surface area contributed by atoms with E-state index in [1.165, 1.54) is 35.0 Å². The van der Waals surface area contributed by atoms with Crippen molar-refractivity contribution in [2.24, 2.45) is 12.8 Å². The summed E-state index contributed by atoms with van der Waals surface area (Å²) >= 11 is 0. The van der Waals surface area contributed by atoms with Crippen LogP contribution in [0.15, 0.2) is 42.6 Å². The number of amides is 1. The summed E-state index contributed by atoms with van der Waals surface area (Å²) in [6.07, 6.45) is -3.14. The number of nitrogens with two attached hydrogens (primary N) is 1. The minimum atomic E-state index is -4.54. The highest BCUT2D eigenvalue weighted by atomic mass is 19.4. The van der Waals surface area contributed by atoms with Gasteiger partial charge >= 0.3 is 6.18 Å². The molecular weight excluding hydrogens is 387 g/mol. The second-order valence-electron chi connectivity index (χ2n) is 6.78. The highest BCUT2D eigenvalue weighted by Gasteiger charge is 2.36. The maximum atomic E-state index is 13.4. The molecule has 0 radical (unpaired) electrons. The van der Waals surface area contributed by atoms with Crippen LogP contribution < -0.4 is 10.5 Å². The zero-order valence-electron chi connectivity index (χ0n) is 15.9. The molecule has 29 heavy (non-hydrogen) atoms. The number of pyridine rings is 1. The number of alkyl halides is 3. The summed E-state index contributed by atoms with van der Waals surface area (Å²) in [5, 5.41) is 7.99. The molecular formula is C19H18F3N5O2. The normalized spacial score (nSPS) is 12.1. The van der Waals surface area contributed by atoms with E-state index in [9.17, 15) is 18.0 Å². The van der Waals surface area contributed by atoms with Gasteiger partial charge in [-0.2, -0.15) is 13.2 Å². The zero-order valence-corrected chi connectivity index (χ0v) is 15.9. The minimum absolute atomic E-state index is 0.0333. The third kappa shape index (κ3) is 3.91. The number of rotatable bonds is 5. The highest BCUT2D eigenvalue weighted by molar-refractivity contribution is 5.93. The summed E-state index contributed by atoms with van der Waals surface area (Å²) in [6, 6.07) is 8.21. The molecule has 2 N–H and O–H groups in total. The standard InChI is InChI=1S/C19H18F3N5O2/c1-18(2,29-13-9-6-10-24-14(13)15(23)28)17-26-25-16(27(17)3)11-7-4-5-8-12(11)19(20,21)22/h4-10H,1-3H3,(H2,23,28). The van der Waals surface area contributed by atoms with Gasteiger partial charge in [0.05, 0.1) is 5.56 Å². The lowest BCUT2D eigenvalue weighted by atomic mass is 10.1. The van der Waals surface area contributed by atoms with Crippen molar-refractivity contribution >= 4 is 5.91 Å². The number of carbonyl (C=O) groups is 1. The van der Waals surface area contributed by atoms with E-state index in [-0.39, 0.29) is 28.7 Å². The van der Waals surface area contributed by atoms with Crippen molar-refractivity contribution in [3.8, 4) is 17.1 Å². The molecule has 10 heteroatoms. The first-order chi connectivity index (χ1) is 13.5. The van der Waals surface area contributed by atoms with Crippen molar-refractivity contribution in [1.29, 1.82) is 0 Å². The topological polar surface area (TPSA) is 95.9 Å². The number of halogens is 3. The first kappa shape index (κ1) is 20.3. The van der Waals surface area contributed by atoms with Crippen LogP contribution in [-0.2, 0) is 18.8 Å². The van der Waals surface area contributed by atoms with Crippen molar-refractivity contribution in [3.05, 3.63) is 59.7 Å². The second kappa shape index (κ2) is 7.19. The monoisotopic (exact) mass is 405 g/mol. The fourth-order valence-corrected chi connectivity index (χ4v) is 2.99. The van der Waals surface area contributed by atoms with E-state index in [4.69, 9.17) is 10.5 Å². The lowest BCUT2D eigenvalue weighted by Gasteiger charge is -2.26. The quantitative estimate of drug-likeness (QED) is 0.703. The number of hydrogen-bond acceptors (Lipinski definition) is 5. The average Bonchev–Trinajstić information content (AvgIpc) is 3.03. The maximum absolute atomic E-state index is 13.4. The van der Waals surface area contributed by atoms with Gasteiger partial charge in [-0.15, -0.1) is 10.2 Å². The molecule has 0 aliphatic heterocycles. The Morgan fingerprint density at radius 3 is 2.45 bits per heavy atom. The van der Waals surface area contributed by atoms with Crippen LogP contribution in [0, 0.1) is 0 Å². The Labute approximate surface area is 164 Å². The van der Waals surface area contributed by atoms with E-state index >= 15 is 0 Å². The molecule has 0 spiro atoms. The van der Waals surface area contributed by atoms with E-state index < -0.39 is 23.2 Å². The average molecular weight is 405 g/mol. The molecule has 0 unspecified atom stereocenters. The SMILES string of the molecule is Cn1c(-c2ccccc2C(F)(F)F)nnc1C(C)(C)Oc1cccnc1C(N)=O. The minimum Gasteiger partial charge on any atom is -0.477 e. The number of nitrogens with zero attached hydrogens (tertiary/aromatic N) is 4. The van der Waals surface area contributed by atoms with Gasteiger partial charge in [-0.25, -0.2) is 4.98 Å². The van der Waals surface area contributed by atoms with E-state index in [1.807, 2.05) is 0 Å². The van der Waals surface area contributed by atoms with Crippen LogP contribution in [0.5, 0.6) is 5.75 Å². The molecule has 1 aromatic carbocycles. The Kier molecular flexibility index (Phi) is 5.04. The van der Waals surface area contributed by atoms with Gasteiger partial charge in [0, 0.05) is 18.8 Å². The van der Waals surface area contributed by atoms with E-state index in [0.717, 1.165) is 6.07 Å².